The Hall–Kier alpha value is -3.05. The molecule has 0 saturated heterocycles. The predicted molar refractivity (Wildman–Crippen MR) is 51.7 cm³/mol. The van der Waals surface area contributed by atoms with E-state index in [1.807, 2.05) is 5.10 Å². The highest BCUT2D eigenvalue weighted by Gasteiger charge is 2.35. The van der Waals surface area contributed by atoms with Crippen molar-refractivity contribution in [3.63, 3.8) is 0 Å². The molecule has 4 N–H and O–H groups in total. The predicted octanol–water partition coefficient (Wildman–Crippen LogP) is -0.407. The van der Waals surface area contributed by atoms with Crippen molar-refractivity contribution < 1.29 is 9.85 Å². The molecule has 0 aliphatic heterocycles. The van der Waals surface area contributed by atoms with Crippen LogP contribution < -0.4 is 5.73 Å². The van der Waals surface area contributed by atoms with E-state index in [1.165, 1.54) is 0 Å². The fraction of sp³-hybridized carbons (Fsp3) is 0. The van der Waals surface area contributed by atoms with Gasteiger partial charge in [0.1, 0.15) is 0 Å². The number of hydrogen-bond acceptors (Lipinski definition) is 8. The smallest absolute Gasteiger partial charge is 0.368 e. The van der Waals surface area contributed by atoms with Crippen molar-refractivity contribution in [2.24, 2.45) is 0 Å². The SMILES string of the molecule is Nc1nc(-c2n[nH]c([N+](=O)[O-])c2[N+](=O)[O-])n[nH]1. The van der Waals surface area contributed by atoms with E-state index in [4.69, 9.17) is 5.73 Å². The number of nitrogens with zero attached hydrogens (tertiary/aromatic N) is 5. The van der Waals surface area contributed by atoms with Gasteiger partial charge in [-0.2, -0.15) is 4.98 Å². The summed E-state index contributed by atoms with van der Waals surface area (Å²) in [4.78, 5) is 23.0. The molecule has 0 radical (unpaired) electrons. The molecule has 12 nitrogen and oxygen atoms in total. The Morgan fingerprint density at radius 2 is 1.82 bits per heavy atom. The van der Waals surface area contributed by atoms with Gasteiger partial charge in [-0.05, 0) is 4.92 Å². The van der Waals surface area contributed by atoms with Crippen LogP contribution in [0, 0.1) is 20.2 Å². The topological polar surface area (TPSA) is 183 Å². The third kappa shape index (κ3) is 1.62. The Kier molecular flexibility index (Phi) is 2.16. The first-order valence-corrected chi connectivity index (χ1v) is 4.06. The molecule has 0 aromatic carbocycles. The molecule has 88 valence electrons. The maximum atomic E-state index is 10.7. The molecule has 0 atom stereocenters. The lowest BCUT2D eigenvalue weighted by molar-refractivity contribution is -0.424. The number of anilines is 1. The second-order valence-electron chi connectivity index (χ2n) is 2.83. The number of nitrogens with two attached hydrogens (primary N) is 1. The highest BCUT2D eigenvalue weighted by molar-refractivity contribution is 5.70. The van der Waals surface area contributed by atoms with Crippen LogP contribution in [0.25, 0.3) is 11.5 Å². The lowest BCUT2D eigenvalue weighted by Gasteiger charge is -1.90. The number of nitro groups is 2. The molecule has 12 heteroatoms. The van der Waals surface area contributed by atoms with Gasteiger partial charge < -0.3 is 15.8 Å². The summed E-state index contributed by atoms with van der Waals surface area (Å²) in [7, 11) is 0. The van der Waals surface area contributed by atoms with Gasteiger partial charge in [-0.3, -0.25) is 10.1 Å². The van der Waals surface area contributed by atoms with Crippen LogP contribution in [0.3, 0.4) is 0 Å². The Labute approximate surface area is 91.1 Å². The zero-order valence-electron chi connectivity index (χ0n) is 7.95. The highest BCUT2D eigenvalue weighted by atomic mass is 16.6. The molecule has 2 heterocycles. The van der Waals surface area contributed by atoms with Crippen molar-refractivity contribution in [1.82, 2.24) is 25.4 Å². The van der Waals surface area contributed by atoms with E-state index in [9.17, 15) is 20.2 Å². The second kappa shape index (κ2) is 3.51. The van der Waals surface area contributed by atoms with Gasteiger partial charge in [0.2, 0.25) is 17.5 Å². The monoisotopic (exact) mass is 240 g/mol. The summed E-state index contributed by atoms with van der Waals surface area (Å²) in [6.07, 6.45) is 0. The average Bonchev–Trinajstić information content (AvgIpc) is 2.82. The van der Waals surface area contributed by atoms with Crippen LogP contribution in [-0.4, -0.2) is 35.2 Å². The third-order valence-electron chi connectivity index (χ3n) is 1.80. The minimum atomic E-state index is -0.954. The van der Waals surface area contributed by atoms with Crippen LogP contribution in [0.4, 0.5) is 17.5 Å². The minimum absolute atomic E-state index is 0.0834. The van der Waals surface area contributed by atoms with E-state index < -0.39 is 21.4 Å². The van der Waals surface area contributed by atoms with E-state index in [0.717, 1.165) is 0 Å². The van der Waals surface area contributed by atoms with Crippen molar-refractivity contribution in [2.45, 2.75) is 0 Å². The molecule has 0 spiro atoms. The zero-order valence-corrected chi connectivity index (χ0v) is 7.95. The van der Waals surface area contributed by atoms with E-state index >= 15 is 0 Å². The summed E-state index contributed by atoms with van der Waals surface area (Å²) < 4.78 is 0. The number of rotatable bonds is 3. The highest BCUT2D eigenvalue weighted by Crippen LogP contribution is 2.33. The number of nitrogens with one attached hydrogen (secondary N) is 2. The van der Waals surface area contributed by atoms with Gasteiger partial charge in [-0.1, -0.05) is 5.10 Å². The number of hydrogen-bond donors (Lipinski definition) is 3. The summed E-state index contributed by atoms with van der Waals surface area (Å²) in [5, 5.41) is 32.4. The summed E-state index contributed by atoms with van der Waals surface area (Å²) in [6, 6.07) is 0. The van der Waals surface area contributed by atoms with Gasteiger partial charge >= 0.3 is 11.5 Å². The Morgan fingerprint density at radius 3 is 2.29 bits per heavy atom. The normalized spacial score (nSPS) is 10.4. The molecule has 0 amide bonds. The fourth-order valence-electron chi connectivity index (χ4n) is 1.16. The molecule has 0 fully saturated rings. The first kappa shape index (κ1) is 10.5. The fourth-order valence-corrected chi connectivity index (χ4v) is 1.16. The third-order valence-corrected chi connectivity index (χ3v) is 1.80. The average molecular weight is 240 g/mol. The molecule has 0 saturated carbocycles. The largest absolute Gasteiger partial charge is 0.422 e. The zero-order chi connectivity index (χ0) is 12.6. The van der Waals surface area contributed by atoms with E-state index in [0.29, 0.717) is 0 Å². The maximum absolute atomic E-state index is 10.7. The van der Waals surface area contributed by atoms with Gasteiger partial charge in [-0.25, -0.2) is 5.10 Å². The number of aromatic nitrogens is 5. The van der Waals surface area contributed by atoms with Crippen LogP contribution >= 0.6 is 0 Å². The molecule has 2 aromatic rings. The quantitative estimate of drug-likeness (QED) is 0.477. The van der Waals surface area contributed by atoms with Crippen LogP contribution in [0.15, 0.2) is 0 Å². The second-order valence-corrected chi connectivity index (χ2v) is 2.83. The maximum Gasteiger partial charge on any atom is 0.422 e. The van der Waals surface area contributed by atoms with Crippen molar-refractivity contribution in [2.75, 3.05) is 5.73 Å². The van der Waals surface area contributed by atoms with Crippen LogP contribution in [0.5, 0.6) is 0 Å². The van der Waals surface area contributed by atoms with Gasteiger partial charge in [0.25, 0.3) is 0 Å². The van der Waals surface area contributed by atoms with Gasteiger partial charge in [-0.15, -0.1) is 10.2 Å². The molecule has 2 rings (SSSR count). The number of H-pyrrole nitrogens is 2. The van der Waals surface area contributed by atoms with Crippen molar-refractivity contribution in [3.05, 3.63) is 20.2 Å². The Bertz CT molecular complexity index is 599. The Morgan fingerprint density at radius 1 is 1.12 bits per heavy atom. The van der Waals surface area contributed by atoms with Gasteiger partial charge in [0, 0.05) is 0 Å². The van der Waals surface area contributed by atoms with Crippen LogP contribution in [-0.2, 0) is 0 Å². The molecule has 17 heavy (non-hydrogen) atoms. The molecule has 2 aromatic heterocycles. The molecular formula is C5H4N8O4. The van der Waals surface area contributed by atoms with Gasteiger partial charge in [0.15, 0.2) is 0 Å². The summed E-state index contributed by atoms with van der Waals surface area (Å²) in [5.41, 5.74) is 4.07. The molecule has 0 aliphatic carbocycles. The lowest BCUT2D eigenvalue weighted by atomic mass is 10.3. The minimum Gasteiger partial charge on any atom is -0.368 e. The Balaban J connectivity index is 2.63. The van der Waals surface area contributed by atoms with Crippen molar-refractivity contribution in [3.8, 4) is 11.5 Å². The molecule has 0 unspecified atom stereocenters. The lowest BCUT2D eigenvalue weighted by Crippen LogP contribution is -1.96. The van der Waals surface area contributed by atoms with E-state index in [1.54, 1.807) is 0 Å². The first-order chi connectivity index (χ1) is 8.00. The molecule has 0 aliphatic rings. The first-order valence-electron chi connectivity index (χ1n) is 4.06. The summed E-state index contributed by atoms with van der Waals surface area (Å²) in [6.45, 7) is 0. The van der Waals surface area contributed by atoms with Crippen LogP contribution in [0.2, 0.25) is 0 Å². The van der Waals surface area contributed by atoms with E-state index in [-0.39, 0.29) is 17.5 Å². The number of aromatic amines is 2. The van der Waals surface area contributed by atoms with Crippen LogP contribution in [0.1, 0.15) is 0 Å². The molecule has 0 bridgehead atoms. The van der Waals surface area contributed by atoms with Crippen molar-refractivity contribution >= 4 is 17.5 Å². The van der Waals surface area contributed by atoms with Gasteiger partial charge in [0.05, 0.1) is 4.92 Å². The molecular weight excluding hydrogens is 236 g/mol. The summed E-state index contributed by atoms with van der Waals surface area (Å²) in [5.74, 6) is -1.12. The van der Waals surface area contributed by atoms with E-state index in [2.05, 4.69) is 20.3 Å². The summed E-state index contributed by atoms with van der Waals surface area (Å²) >= 11 is 0. The van der Waals surface area contributed by atoms with Crippen molar-refractivity contribution in [1.29, 1.82) is 0 Å². The standard InChI is InChI=1S/C5H4N8O4/c6-5-7-3(9-11-5)1-2(12(14)15)4(10-8-1)13(16)17/h(H,8,10)(H3,6,7,9,11). The number of nitrogen functional groups attached to an aromatic ring is 1.